The summed E-state index contributed by atoms with van der Waals surface area (Å²) in [6, 6.07) is 11.5. The van der Waals surface area contributed by atoms with Crippen molar-refractivity contribution in [2.24, 2.45) is 0 Å². The number of esters is 1. The molecule has 0 amide bonds. The first kappa shape index (κ1) is 16.3. The third-order valence-electron chi connectivity index (χ3n) is 2.66. The summed E-state index contributed by atoms with van der Waals surface area (Å²) in [4.78, 5) is 23.9. The minimum Gasteiger partial charge on any atom is -0.454 e. The van der Waals surface area contributed by atoms with Gasteiger partial charge in [0.1, 0.15) is 0 Å². The van der Waals surface area contributed by atoms with Gasteiger partial charge in [-0.05, 0) is 52.9 Å². The van der Waals surface area contributed by atoms with Gasteiger partial charge in [-0.25, -0.2) is 4.79 Å². The van der Waals surface area contributed by atoms with E-state index in [0.717, 1.165) is 3.57 Å². The highest BCUT2D eigenvalue weighted by Gasteiger charge is 2.15. The van der Waals surface area contributed by atoms with E-state index in [1.165, 1.54) is 12.1 Å². The van der Waals surface area contributed by atoms with E-state index < -0.39 is 5.97 Å². The normalized spacial score (nSPS) is 10.2. The Balaban J connectivity index is 2.04. The molecule has 0 aromatic heterocycles. The van der Waals surface area contributed by atoms with Crippen molar-refractivity contribution < 1.29 is 14.3 Å². The average molecular weight is 435 g/mol. The number of carbonyl (C=O) groups is 2. The molecule has 108 valence electrons. The van der Waals surface area contributed by atoms with Gasteiger partial charge in [0.15, 0.2) is 6.61 Å². The van der Waals surface area contributed by atoms with Gasteiger partial charge in [-0.1, -0.05) is 35.3 Å². The Hall–Kier alpha value is -1.11. The molecule has 0 aliphatic heterocycles. The number of benzene rings is 2. The molecule has 3 nitrogen and oxygen atoms in total. The molecule has 0 saturated carbocycles. The summed E-state index contributed by atoms with van der Waals surface area (Å²) in [5, 5.41) is 0.672. The number of halogens is 3. The Labute approximate surface area is 145 Å². The van der Waals surface area contributed by atoms with Crippen molar-refractivity contribution in [2.75, 3.05) is 6.61 Å². The van der Waals surface area contributed by atoms with E-state index >= 15 is 0 Å². The van der Waals surface area contributed by atoms with Gasteiger partial charge in [-0.3, -0.25) is 4.79 Å². The molecule has 0 spiro atoms. The lowest BCUT2D eigenvalue weighted by Gasteiger charge is -2.07. The summed E-state index contributed by atoms with van der Waals surface area (Å²) in [5.74, 6) is -0.922. The van der Waals surface area contributed by atoms with E-state index in [-0.39, 0.29) is 23.0 Å². The van der Waals surface area contributed by atoms with Gasteiger partial charge in [0.05, 0.1) is 10.6 Å². The van der Waals surface area contributed by atoms with Gasteiger partial charge in [0, 0.05) is 14.2 Å². The first-order valence-corrected chi connectivity index (χ1v) is 7.72. The van der Waals surface area contributed by atoms with Crippen LogP contribution in [0.5, 0.6) is 0 Å². The number of hydrogen-bond acceptors (Lipinski definition) is 3. The summed E-state index contributed by atoms with van der Waals surface area (Å²) in [7, 11) is 0. The Bertz CT molecular complexity index is 701. The molecule has 0 N–H and O–H groups in total. The summed E-state index contributed by atoms with van der Waals surface area (Å²) >= 11 is 13.7. The lowest BCUT2D eigenvalue weighted by atomic mass is 10.1. The highest BCUT2D eigenvalue weighted by atomic mass is 127. The molecule has 21 heavy (non-hydrogen) atoms. The minimum absolute atomic E-state index is 0.234. The number of ether oxygens (including phenoxy) is 1. The third-order valence-corrected chi connectivity index (χ3v) is 4.15. The quantitative estimate of drug-likeness (QED) is 0.400. The Morgan fingerprint density at radius 3 is 2.43 bits per heavy atom. The molecular weight excluding hydrogens is 426 g/mol. The lowest BCUT2D eigenvalue weighted by molar-refractivity contribution is 0.0473. The smallest absolute Gasteiger partial charge is 0.339 e. The summed E-state index contributed by atoms with van der Waals surface area (Å²) in [5.41, 5.74) is 0.699. The van der Waals surface area contributed by atoms with Crippen molar-refractivity contribution in [1.82, 2.24) is 0 Å². The number of Topliss-reactive ketones (excluding diaryl/α,β-unsaturated/α-hetero) is 1. The first-order valence-electron chi connectivity index (χ1n) is 5.89. The van der Waals surface area contributed by atoms with E-state index in [9.17, 15) is 9.59 Å². The molecule has 0 radical (unpaired) electrons. The number of rotatable bonds is 4. The van der Waals surface area contributed by atoms with Crippen molar-refractivity contribution in [2.45, 2.75) is 0 Å². The fourth-order valence-electron chi connectivity index (χ4n) is 1.63. The molecule has 0 aliphatic rings. The molecule has 2 rings (SSSR count). The molecule has 0 fully saturated rings. The van der Waals surface area contributed by atoms with Crippen LogP contribution >= 0.6 is 45.8 Å². The monoisotopic (exact) mass is 434 g/mol. The van der Waals surface area contributed by atoms with Crippen LogP contribution in [0, 0.1) is 3.57 Å². The number of ketones is 1. The third kappa shape index (κ3) is 4.18. The maximum absolute atomic E-state index is 12.0. The predicted molar refractivity (Wildman–Crippen MR) is 90.2 cm³/mol. The maximum Gasteiger partial charge on any atom is 0.339 e. The zero-order valence-electron chi connectivity index (χ0n) is 10.6. The first-order chi connectivity index (χ1) is 9.99. The SMILES string of the molecule is O=C(COC(=O)c1ccccc1I)c1ccc(Cl)cc1Cl. The van der Waals surface area contributed by atoms with Gasteiger partial charge in [0.2, 0.25) is 5.78 Å². The van der Waals surface area contributed by atoms with Gasteiger partial charge in [0.25, 0.3) is 0 Å². The van der Waals surface area contributed by atoms with Crippen molar-refractivity contribution >= 4 is 57.5 Å². The highest BCUT2D eigenvalue weighted by Crippen LogP contribution is 2.21. The zero-order valence-corrected chi connectivity index (χ0v) is 14.3. The Morgan fingerprint density at radius 1 is 1.05 bits per heavy atom. The fraction of sp³-hybridized carbons (Fsp3) is 0.0667. The van der Waals surface area contributed by atoms with Crippen LogP contribution in [-0.2, 0) is 4.74 Å². The number of carbonyl (C=O) groups excluding carboxylic acids is 2. The minimum atomic E-state index is -0.543. The summed E-state index contributed by atoms with van der Waals surface area (Å²) < 4.78 is 5.79. The molecule has 0 aliphatic carbocycles. The molecule has 0 heterocycles. The zero-order chi connectivity index (χ0) is 15.4. The van der Waals surface area contributed by atoms with Crippen LogP contribution in [-0.4, -0.2) is 18.4 Å². The second kappa shape index (κ2) is 7.24. The summed E-state index contributed by atoms with van der Waals surface area (Å²) in [6.45, 7) is -0.370. The van der Waals surface area contributed by atoms with Crippen LogP contribution in [0.15, 0.2) is 42.5 Å². The van der Waals surface area contributed by atoms with Crippen molar-refractivity contribution in [3.05, 3.63) is 67.2 Å². The molecule has 6 heteroatoms. The van der Waals surface area contributed by atoms with E-state index in [0.29, 0.717) is 10.6 Å². The molecule has 2 aromatic carbocycles. The molecular formula is C15H9Cl2IO3. The molecule has 0 atom stereocenters. The lowest BCUT2D eigenvalue weighted by Crippen LogP contribution is -2.15. The second-order valence-corrected chi connectivity index (χ2v) is 6.11. The second-order valence-electron chi connectivity index (χ2n) is 4.10. The van der Waals surface area contributed by atoms with Crippen molar-refractivity contribution in [3.8, 4) is 0 Å². The average Bonchev–Trinajstić information content (AvgIpc) is 2.45. The van der Waals surface area contributed by atoms with Gasteiger partial charge in [-0.15, -0.1) is 0 Å². The van der Waals surface area contributed by atoms with E-state index in [2.05, 4.69) is 0 Å². The van der Waals surface area contributed by atoms with Crippen LogP contribution < -0.4 is 0 Å². The molecule has 0 bridgehead atoms. The van der Waals surface area contributed by atoms with Gasteiger partial charge in [-0.2, -0.15) is 0 Å². The van der Waals surface area contributed by atoms with Gasteiger partial charge >= 0.3 is 5.97 Å². The maximum atomic E-state index is 12.0. The largest absolute Gasteiger partial charge is 0.454 e. The summed E-state index contributed by atoms with van der Waals surface area (Å²) in [6.07, 6.45) is 0. The Kier molecular flexibility index (Phi) is 5.61. The predicted octanol–water partition coefficient (Wildman–Crippen LogP) is 4.64. The molecule has 2 aromatic rings. The van der Waals surface area contributed by atoms with E-state index in [1.54, 1.807) is 24.3 Å². The van der Waals surface area contributed by atoms with Crippen molar-refractivity contribution in [3.63, 3.8) is 0 Å². The van der Waals surface area contributed by atoms with Gasteiger partial charge < -0.3 is 4.74 Å². The van der Waals surface area contributed by atoms with Crippen LogP contribution in [0.2, 0.25) is 10.0 Å². The Morgan fingerprint density at radius 2 is 1.76 bits per heavy atom. The van der Waals surface area contributed by atoms with Crippen LogP contribution in [0.1, 0.15) is 20.7 Å². The van der Waals surface area contributed by atoms with E-state index in [1.807, 2.05) is 28.7 Å². The van der Waals surface area contributed by atoms with Crippen LogP contribution in [0.3, 0.4) is 0 Å². The van der Waals surface area contributed by atoms with Crippen molar-refractivity contribution in [1.29, 1.82) is 0 Å². The fourth-order valence-corrected chi connectivity index (χ4v) is 2.75. The molecule has 0 saturated heterocycles. The van der Waals surface area contributed by atoms with E-state index in [4.69, 9.17) is 27.9 Å². The topological polar surface area (TPSA) is 43.4 Å². The molecule has 0 unspecified atom stereocenters. The van der Waals surface area contributed by atoms with Crippen LogP contribution in [0.25, 0.3) is 0 Å². The number of hydrogen-bond donors (Lipinski definition) is 0. The van der Waals surface area contributed by atoms with Crippen LogP contribution in [0.4, 0.5) is 0 Å². The highest BCUT2D eigenvalue weighted by molar-refractivity contribution is 14.1. The standard InChI is InChI=1S/C15H9Cl2IO3/c16-9-5-6-10(12(17)7-9)14(19)8-21-15(20)11-3-1-2-4-13(11)18/h1-7H,8H2.